The van der Waals surface area contributed by atoms with Crippen LogP contribution in [0.3, 0.4) is 0 Å². The molecule has 1 aliphatic rings. The third-order valence-electron chi connectivity index (χ3n) is 6.57. The van der Waals surface area contributed by atoms with Crippen LogP contribution in [-0.4, -0.2) is 41.4 Å². The van der Waals surface area contributed by atoms with Gasteiger partial charge in [0.2, 0.25) is 0 Å². The first-order chi connectivity index (χ1) is 16.2. The molecule has 1 N–H and O–H groups in total. The van der Waals surface area contributed by atoms with Crippen molar-refractivity contribution in [2.45, 2.75) is 57.3 Å². The normalized spacial score (nSPS) is 20.9. The number of aliphatic hydroxyl groups excluding tert-OH is 1. The fourth-order valence-electron chi connectivity index (χ4n) is 4.68. The summed E-state index contributed by atoms with van der Waals surface area (Å²) in [5, 5.41) is 10.6. The van der Waals surface area contributed by atoms with Crippen LogP contribution < -0.4 is 0 Å². The summed E-state index contributed by atoms with van der Waals surface area (Å²) in [5.74, 6) is 0. The maximum Gasteiger partial charge on any atom is 0.0969 e. The Labute approximate surface area is 197 Å². The molecular formula is C29H35NO3. The molecule has 33 heavy (non-hydrogen) atoms. The minimum atomic E-state index is -0.314. The minimum Gasteiger partial charge on any atom is -0.393 e. The fourth-order valence-corrected chi connectivity index (χ4v) is 4.68. The van der Waals surface area contributed by atoms with E-state index >= 15 is 0 Å². The molecule has 0 saturated carbocycles. The Balaban J connectivity index is 1.50. The van der Waals surface area contributed by atoms with Gasteiger partial charge in [-0.25, -0.2) is 0 Å². The largest absolute Gasteiger partial charge is 0.393 e. The topological polar surface area (TPSA) is 41.9 Å². The first-order valence-electron chi connectivity index (χ1n) is 12.0. The summed E-state index contributed by atoms with van der Waals surface area (Å²) in [6.45, 7) is 4.65. The number of rotatable bonds is 10. The van der Waals surface area contributed by atoms with E-state index in [1.54, 1.807) is 0 Å². The van der Waals surface area contributed by atoms with Crippen LogP contribution >= 0.6 is 0 Å². The number of aliphatic hydroxyl groups is 1. The van der Waals surface area contributed by atoms with Crippen LogP contribution in [0.2, 0.25) is 0 Å². The van der Waals surface area contributed by atoms with Crippen molar-refractivity contribution in [3.05, 3.63) is 108 Å². The molecule has 1 fully saturated rings. The summed E-state index contributed by atoms with van der Waals surface area (Å²) in [5.41, 5.74) is 3.58. The summed E-state index contributed by atoms with van der Waals surface area (Å²) in [6.07, 6.45) is 1.01. The van der Waals surface area contributed by atoms with Crippen molar-refractivity contribution in [2.75, 3.05) is 13.2 Å². The molecule has 4 rings (SSSR count). The van der Waals surface area contributed by atoms with E-state index in [0.29, 0.717) is 26.2 Å². The molecule has 4 nitrogen and oxygen atoms in total. The number of ether oxygens (including phenoxy) is 2. The van der Waals surface area contributed by atoms with Gasteiger partial charge in [0.15, 0.2) is 0 Å². The van der Waals surface area contributed by atoms with Crippen LogP contribution in [-0.2, 0) is 22.7 Å². The predicted octanol–water partition coefficient (Wildman–Crippen LogP) is 5.38. The lowest BCUT2D eigenvalue weighted by Crippen LogP contribution is -2.53. The van der Waals surface area contributed by atoms with Gasteiger partial charge in [0.25, 0.3) is 0 Å². The predicted molar refractivity (Wildman–Crippen MR) is 132 cm³/mol. The molecule has 4 heteroatoms. The number of nitrogens with zero attached hydrogens (tertiary/aromatic N) is 1. The van der Waals surface area contributed by atoms with Gasteiger partial charge in [-0.2, -0.15) is 0 Å². The maximum atomic E-state index is 10.6. The van der Waals surface area contributed by atoms with Crippen molar-refractivity contribution in [2.24, 2.45) is 0 Å². The summed E-state index contributed by atoms with van der Waals surface area (Å²) < 4.78 is 12.7. The Hall–Kier alpha value is -2.50. The van der Waals surface area contributed by atoms with E-state index in [0.717, 1.165) is 24.1 Å². The second kappa shape index (κ2) is 12.1. The molecule has 1 aliphatic heterocycles. The van der Waals surface area contributed by atoms with Gasteiger partial charge < -0.3 is 14.6 Å². The molecule has 4 atom stereocenters. The first-order valence-corrected chi connectivity index (χ1v) is 12.0. The molecule has 3 aromatic carbocycles. The third kappa shape index (κ3) is 6.75. The van der Waals surface area contributed by atoms with Crippen molar-refractivity contribution in [1.82, 2.24) is 4.90 Å². The van der Waals surface area contributed by atoms with Crippen molar-refractivity contribution in [3.8, 4) is 0 Å². The molecule has 174 valence electrons. The fraction of sp³-hybridized carbons (Fsp3) is 0.379. The molecule has 1 heterocycles. The summed E-state index contributed by atoms with van der Waals surface area (Å²) in [6, 6.07) is 31.4. The highest BCUT2D eigenvalue weighted by Crippen LogP contribution is 2.31. The molecule has 0 aromatic heterocycles. The highest BCUT2D eigenvalue weighted by atomic mass is 16.5. The van der Waals surface area contributed by atoms with Crippen LogP contribution in [0.5, 0.6) is 0 Å². The smallest absolute Gasteiger partial charge is 0.0969 e. The maximum absolute atomic E-state index is 10.6. The molecule has 0 radical (unpaired) electrons. The number of piperidine rings is 1. The average Bonchev–Trinajstić information content (AvgIpc) is 2.87. The van der Waals surface area contributed by atoms with Gasteiger partial charge in [-0.05, 0) is 36.5 Å². The lowest BCUT2D eigenvalue weighted by molar-refractivity contribution is -0.104. The van der Waals surface area contributed by atoms with Crippen molar-refractivity contribution >= 4 is 0 Å². The Morgan fingerprint density at radius 2 is 1.42 bits per heavy atom. The Bertz CT molecular complexity index is 935. The van der Waals surface area contributed by atoms with Crippen LogP contribution in [0.25, 0.3) is 0 Å². The number of benzene rings is 3. The minimum absolute atomic E-state index is 0.0726. The molecular weight excluding hydrogens is 410 g/mol. The summed E-state index contributed by atoms with van der Waals surface area (Å²) in [4.78, 5) is 2.49. The molecule has 0 amide bonds. The van der Waals surface area contributed by atoms with Gasteiger partial charge in [-0.1, -0.05) is 91.0 Å². The zero-order valence-corrected chi connectivity index (χ0v) is 19.4. The standard InChI is InChI=1S/C29H35NO3/c1-23(26-15-9-4-10-16-26)30-18-17-27(31)19-28(30)29(33-21-25-13-7-3-8-14-25)22-32-20-24-11-5-2-6-12-24/h2-16,23,27-29,31H,17-22H2,1H3/t23-,27-,28+,29+/m0/s1. The highest BCUT2D eigenvalue weighted by Gasteiger charge is 2.37. The van der Waals surface area contributed by atoms with Gasteiger partial charge >= 0.3 is 0 Å². The Morgan fingerprint density at radius 1 is 0.848 bits per heavy atom. The van der Waals surface area contributed by atoms with Crippen LogP contribution in [0.1, 0.15) is 42.5 Å². The second-order valence-electron chi connectivity index (χ2n) is 8.91. The molecule has 3 aromatic rings. The Kier molecular flexibility index (Phi) is 8.67. The van der Waals surface area contributed by atoms with E-state index in [2.05, 4.69) is 66.4 Å². The van der Waals surface area contributed by atoms with E-state index in [1.165, 1.54) is 5.56 Å². The van der Waals surface area contributed by atoms with Crippen LogP contribution in [0, 0.1) is 0 Å². The van der Waals surface area contributed by atoms with E-state index in [1.807, 2.05) is 36.4 Å². The van der Waals surface area contributed by atoms with E-state index < -0.39 is 0 Å². The number of hydrogen-bond donors (Lipinski definition) is 1. The highest BCUT2D eigenvalue weighted by molar-refractivity contribution is 5.19. The lowest BCUT2D eigenvalue weighted by Gasteiger charge is -2.45. The molecule has 0 bridgehead atoms. The first kappa shape index (κ1) is 23.7. The SMILES string of the molecule is C[C@@H](c1ccccc1)N1CC[C@H](O)C[C@@H]1[C@@H](COCc1ccccc1)OCc1ccccc1. The zero-order chi connectivity index (χ0) is 22.9. The molecule has 0 spiro atoms. The quantitative estimate of drug-likeness (QED) is 0.455. The van der Waals surface area contributed by atoms with Crippen LogP contribution in [0.15, 0.2) is 91.0 Å². The average molecular weight is 446 g/mol. The monoisotopic (exact) mass is 445 g/mol. The van der Waals surface area contributed by atoms with E-state index in [-0.39, 0.29) is 24.3 Å². The van der Waals surface area contributed by atoms with Gasteiger partial charge in [-0.3, -0.25) is 4.90 Å². The van der Waals surface area contributed by atoms with Gasteiger partial charge in [0.05, 0.1) is 32.0 Å². The van der Waals surface area contributed by atoms with Gasteiger partial charge in [-0.15, -0.1) is 0 Å². The Morgan fingerprint density at radius 3 is 2.06 bits per heavy atom. The summed E-state index contributed by atoms with van der Waals surface area (Å²) in [7, 11) is 0. The molecule has 0 unspecified atom stereocenters. The van der Waals surface area contributed by atoms with Crippen LogP contribution in [0.4, 0.5) is 0 Å². The second-order valence-corrected chi connectivity index (χ2v) is 8.91. The molecule has 1 saturated heterocycles. The lowest BCUT2D eigenvalue weighted by atomic mass is 9.92. The van der Waals surface area contributed by atoms with E-state index in [4.69, 9.17) is 9.47 Å². The van der Waals surface area contributed by atoms with Gasteiger partial charge in [0, 0.05) is 18.6 Å². The number of likely N-dealkylation sites (tertiary alicyclic amines) is 1. The van der Waals surface area contributed by atoms with Gasteiger partial charge in [0.1, 0.15) is 0 Å². The third-order valence-corrected chi connectivity index (χ3v) is 6.57. The van der Waals surface area contributed by atoms with E-state index in [9.17, 15) is 5.11 Å². The summed E-state index contributed by atoms with van der Waals surface area (Å²) >= 11 is 0. The van der Waals surface area contributed by atoms with Crippen molar-refractivity contribution < 1.29 is 14.6 Å². The van der Waals surface area contributed by atoms with Crippen molar-refractivity contribution in [3.63, 3.8) is 0 Å². The zero-order valence-electron chi connectivity index (χ0n) is 19.4. The molecule has 0 aliphatic carbocycles. The van der Waals surface area contributed by atoms with Crippen molar-refractivity contribution in [1.29, 1.82) is 0 Å². The number of hydrogen-bond acceptors (Lipinski definition) is 4.